The Kier molecular flexibility index (Phi) is 23.5. The number of esters is 2. The fourth-order valence-corrected chi connectivity index (χ4v) is 10.9. The molecule has 0 aromatic heterocycles. The molecule has 0 fully saturated rings. The molecule has 0 aliphatic heterocycles. The minimum Gasteiger partial charge on any atom is -0.508 e. The third-order valence-corrected chi connectivity index (χ3v) is 14.3. The van der Waals surface area contributed by atoms with Gasteiger partial charge in [0.1, 0.15) is 24.7 Å². The fraction of sp³-hybridized carbons (Fsp3) is 0.632. The molecule has 0 aliphatic rings. The third kappa shape index (κ3) is 16.8. The molecule has 14 nitrogen and oxygen atoms in total. The summed E-state index contributed by atoms with van der Waals surface area (Å²) in [5.74, 6) is -0.836. The largest absolute Gasteiger partial charge is 0.508 e. The van der Waals surface area contributed by atoms with E-state index in [0.29, 0.717) is 99.7 Å². The monoisotopic (exact) mass is 798 g/mol. The van der Waals surface area contributed by atoms with Crippen LogP contribution < -0.4 is 0 Å². The van der Waals surface area contributed by atoms with Gasteiger partial charge in [-0.1, -0.05) is 0 Å². The second kappa shape index (κ2) is 26.8. The van der Waals surface area contributed by atoms with Crippen molar-refractivity contribution >= 4 is 29.5 Å². The lowest BCUT2D eigenvalue weighted by Crippen LogP contribution is -2.46. The molecule has 16 heteroatoms. The molecule has 2 N–H and O–H groups in total. The van der Waals surface area contributed by atoms with E-state index in [1.165, 1.54) is 24.3 Å². The van der Waals surface area contributed by atoms with Crippen molar-refractivity contribution in [1.29, 1.82) is 0 Å². The summed E-state index contributed by atoms with van der Waals surface area (Å²) in [5, 5.41) is 20.8. The van der Waals surface area contributed by atoms with Crippen LogP contribution in [0.3, 0.4) is 0 Å². The van der Waals surface area contributed by atoms with Crippen molar-refractivity contribution in [3.05, 3.63) is 58.7 Å². The molecule has 0 aliphatic carbocycles. The van der Waals surface area contributed by atoms with Crippen LogP contribution in [0.1, 0.15) is 86.2 Å². The third-order valence-electron chi connectivity index (χ3n) is 7.97. The fourth-order valence-electron chi connectivity index (χ4n) is 5.69. The first-order valence-corrected chi connectivity index (χ1v) is 22.9. The topological polar surface area (TPSA) is 167 Å². The number of aryl methyl sites for hydroxylation is 2. The maximum atomic E-state index is 12.6. The van der Waals surface area contributed by atoms with Crippen LogP contribution in [0.25, 0.3) is 0 Å². The van der Waals surface area contributed by atoms with E-state index in [4.69, 9.17) is 45.5 Å². The van der Waals surface area contributed by atoms with Gasteiger partial charge in [-0.2, -0.15) is 0 Å². The number of aromatic hydroxyl groups is 2. The summed E-state index contributed by atoms with van der Waals surface area (Å²) in [4.78, 5) is 25.3. The molecule has 0 radical (unpaired) electrons. The Morgan fingerprint density at radius 2 is 0.815 bits per heavy atom. The molecule has 0 saturated carbocycles. The van der Waals surface area contributed by atoms with Gasteiger partial charge in [0.25, 0.3) is 0 Å². The number of hydrogen-bond donors (Lipinski definition) is 2. The van der Waals surface area contributed by atoms with E-state index in [-0.39, 0.29) is 51.1 Å². The Morgan fingerprint density at radius 3 is 1.13 bits per heavy atom. The van der Waals surface area contributed by atoms with Gasteiger partial charge in [-0.25, -0.2) is 9.59 Å². The van der Waals surface area contributed by atoms with Crippen molar-refractivity contribution in [2.24, 2.45) is 0 Å². The van der Waals surface area contributed by atoms with Crippen molar-refractivity contribution in [1.82, 2.24) is 0 Å². The molecule has 2 aromatic rings. The summed E-state index contributed by atoms with van der Waals surface area (Å²) < 4.78 is 57.1. The van der Waals surface area contributed by atoms with Gasteiger partial charge < -0.3 is 55.7 Å². The number of phenols is 2. The van der Waals surface area contributed by atoms with E-state index in [2.05, 4.69) is 0 Å². The van der Waals surface area contributed by atoms with Crippen molar-refractivity contribution < 1.29 is 65.3 Å². The standard InChI is InChI=1S/C38H62O14Si2/c1-7-47-53(48-8-2,49-9-3)27-13-15-31-29-33(17-19-35(31)39)37(41)45-25-23-43-21-22-44-24-26-46-38(42)34-18-20-36(40)32(30-34)16-14-28-54(50-10-4,51-11-5)52-12-6/h17-20,29-30,39-40H,7-16,21-28H2,1-6H3. The van der Waals surface area contributed by atoms with E-state index >= 15 is 0 Å². The number of ether oxygens (including phenoxy) is 4. The van der Waals surface area contributed by atoms with E-state index in [1.54, 1.807) is 12.1 Å². The molecule has 0 unspecified atom stereocenters. The summed E-state index contributed by atoms with van der Waals surface area (Å²) in [6.45, 7) is 15.3. The Morgan fingerprint density at radius 1 is 0.500 bits per heavy atom. The number of hydrogen-bond acceptors (Lipinski definition) is 14. The molecule has 2 rings (SSSR count). The van der Waals surface area contributed by atoms with Crippen LogP contribution in [0.2, 0.25) is 12.1 Å². The number of carbonyl (C=O) groups is 2. The Bertz CT molecular complexity index is 1230. The second-order valence-corrected chi connectivity index (χ2v) is 17.3. The predicted octanol–water partition coefficient (Wildman–Crippen LogP) is 6.11. The molecule has 54 heavy (non-hydrogen) atoms. The summed E-state index contributed by atoms with van der Waals surface area (Å²) in [7, 11) is -5.61. The van der Waals surface area contributed by atoms with E-state index in [0.717, 1.165) is 0 Å². The molecule has 0 saturated heterocycles. The second-order valence-electron chi connectivity index (χ2n) is 11.9. The molecule has 2 aromatic carbocycles. The molecule has 306 valence electrons. The zero-order valence-electron chi connectivity index (χ0n) is 33.0. The molecule has 0 heterocycles. The van der Waals surface area contributed by atoms with E-state index in [9.17, 15) is 19.8 Å². The number of phenolic OH excluding ortho intramolecular Hbond substituents is 2. The van der Waals surface area contributed by atoms with Crippen LogP contribution in [0.4, 0.5) is 0 Å². The van der Waals surface area contributed by atoms with Crippen LogP contribution in [0.5, 0.6) is 11.5 Å². The summed E-state index contributed by atoms with van der Waals surface area (Å²) in [6, 6.07) is 10.5. The first kappa shape index (κ1) is 47.2. The van der Waals surface area contributed by atoms with Crippen molar-refractivity contribution in [3.8, 4) is 11.5 Å². The van der Waals surface area contributed by atoms with Gasteiger partial charge in [0, 0.05) is 51.7 Å². The lowest BCUT2D eigenvalue weighted by atomic mass is 10.1. The normalized spacial score (nSPS) is 11.9. The Balaban J connectivity index is 1.67. The van der Waals surface area contributed by atoms with Crippen LogP contribution >= 0.6 is 0 Å². The summed E-state index contributed by atoms with van der Waals surface area (Å²) in [5.41, 5.74) is 1.91. The SMILES string of the molecule is CCO[Si](CCCc1cc(C(=O)OCCOCCOCCOC(=O)c2ccc(O)c(CCC[Si](OCC)(OCC)OCC)c2)ccc1O)(OCC)OCC. The maximum absolute atomic E-state index is 12.6. The van der Waals surface area contributed by atoms with E-state index < -0.39 is 29.5 Å². The van der Waals surface area contributed by atoms with Crippen molar-refractivity contribution in [2.75, 3.05) is 79.3 Å². The highest BCUT2D eigenvalue weighted by atomic mass is 28.4. The predicted molar refractivity (Wildman–Crippen MR) is 206 cm³/mol. The van der Waals surface area contributed by atoms with Gasteiger partial charge in [-0.3, -0.25) is 0 Å². The average Bonchev–Trinajstić information content (AvgIpc) is 3.14. The Hall–Kier alpha value is -2.91. The maximum Gasteiger partial charge on any atom is 0.500 e. The first-order valence-electron chi connectivity index (χ1n) is 19.1. The van der Waals surface area contributed by atoms with Gasteiger partial charge in [-0.05, 0) is 115 Å². The van der Waals surface area contributed by atoms with Crippen molar-refractivity contribution in [3.63, 3.8) is 0 Å². The van der Waals surface area contributed by atoms with Crippen LogP contribution in [-0.4, -0.2) is 119 Å². The highest BCUT2D eigenvalue weighted by Gasteiger charge is 2.40. The molecule has 0 atom stereocenters. The first-order chi connectivity index (χ1) is 26.1. The van der Waals surface area contributed by atoms with Crippen molar-refractivity contribution in [2.45, 2.75) is 79.3 Å². The van der Waals surface area contributed by atoms with Crippen LogP contribution in [-0.2, 0) is 58.3 Å². The molecular formula is C38H62O14Si2. The Labute approximate surface area is 323 Å². The highest BCUT2D eigenvalue weighted by molar-refractivity contribution is 6.61. The zero-order valence-corrected chi connectivity index (χ0v) is 35.0. The minimum absolute atomic E-state index is 0.0425. The van der Waals surface area contributed by atoms with Crippen LogP contribution in [0.15, 0.2) is 36.4 Å². The van der Waals surface area contributed by atoms with Gasteiger partial charge in [0.2, 0.25) is 0 Å². The number of benzene rings is 2. The molecule has 0 amide bonds. The lowest BCUT2D eigenvalue weighted by molar-refractivity contribution is 0.00229. The number of carbonyl (C=O) groups excluding carboxylic acids is 2. The van der Waals surface area contributed by atoms with Crippen LogP contribution in [0, 0.1) is 0 Å². The number of rotatable bonds is 31. The summed E-state index contributed by atoms with van der Waals surface area (Å²) >= 11 is 0. The minimum atomic E-state index is -2.81. The van der Waals surface area contributed by atoms with Gasteiger partial charge >= 0.3 is 29.5 Å². The molecule has 0 bridgehead atoms. The zero-order chi connectivity index (χ0) is 39.7. The summed E-state index contributed by atoms with van der Waals surface area (Å²) in [6.07, 6.45) is 2.33. The average molecular weight is 799 g/mol. The molecule has 0 spiro atoms. The van der Waals surface area contributed by atoms with E-state index in [1.807, 2.05) is 41.5 Å². The smallest absolute Gasteiger partial charge is 0.500 e. The van der Waals surface area contributed by atoms with Gasteiger partial charge in [-0.15, -0.1) is 0 Å². The quantitative estimate of drug-likeness (QED) is 0.0510. The molecular weight excluding hydrogens is 737 g/mol. The lowest BCUT2D eigenvalue weighted by Gasteiger charge is -2.28. The van der Waals surface area contributed by atoms with Gasteiger partial charge in [0.15, 0.2) is 0 Å². The highest BCUT2D eigenvalue weighted by Crippen LogP contribution is 2.26. The van der Waals surface area contributed by atoms with Gasteiger partial charge in [0.05, 0.1) is 37.6 Å².